The van der Waals surface area contributed by atoms with E-state index in [1.165, 1.54) is 18.4 Å². The van der Waals surface area contributed by atoms with Gasteiger partial charge >= 0.3 is 0 Å². The van der Waals surface area contributed by atoms with Gasteiger partial charge in [-0.25, -0.2) is 0 Å². The molecule has 0 aliphatic heterocycles. The van der Waals surface area contributed by atoms with Gasteiger partial charge in [0.1, 0.15) is 0 Å². The molecule has 10 heavy (non-hydrogen) atoms. The van der Waals surface area contributed by atoms with Gasteiger partial charge in [-0.15, -0.1) is 0 Å². The minimum absolute atomic E-state index is 0.677. The molecule has 0 amide bonds. The van der Waals surface area contributed by atoms with Gasteiger partial charge in [-0.2, -0.15) is 0 Å². The first kappa shape index (κ1) is 7.55. The van der Waals surface area contributed by atoms with E-state index < -0.39 is 0 Å². The number of hydrogen-bond acceptors (Lipinski definition) is 1. The van der Waals surface area contributed by atoms with E-state index in [0.29, 0.717) is 6.04 Å². The number of nitrogens with one attached hydrogen (secondary N) is 1. The van der Waals surface area contributed by atoms with Gasteiger partial charge in [0.15, 0.2) is 0 Å². The quantitative estimate of drug-likeness (QED) is 0.585. The van der Waals surface area contributed by atoms with E-state index >= 15 is 0 Å². The number of rotatable bonds is 3. The molecule has 0 aromatic rings. The van der Waals surface area contributed by atoms with Crippen LogP contribution in [0.1, 0.15) is 19.8 Å². The molecule has 0 radical (unpaired) electrons. The molecule has 1 heteroatoms. The summed E-state index contributed by atoms with van der Waals surface area (Å²) in [6.07, 6.45) is 6.84. The molecule has 0 aromatic carbocycles. The van der Waals surface area contributed by atoms with Crippen LogP contribution >= 0.6 is 0 Å². The van der Waals surface area contributed by atoms with Crippen LogP contribution in [0, 0.1) is 0 Å². The zero-order chi connectivity index (χ0) is 7.40. The molecular formula is C9H15N. The first-order valence-corrected chi connectivity index (χ1v) is 3.82. The Bertz CT molecular complexity index is 139. The third-order valence-corrected chi connectivity index (χ3v) is 1.70. The highest BCUT2D eigenvalue weighted by atomic mass is 14.9. The first-order valence-electron chi connectivity index (χ1n) is 3.82. The molecule has 1 aliphatic rings. The highest BCUT2D eigenvalue weighted by Crippen LogP contribution is 2.08. The maximum absolute atomic E-state index is 3.83. The monoisotopic (exact) mass is 137 g/mol. The van der Waals surface area contributed by atoms with Crippen LogP contribution in [-0.2, 0) is 0 Å². The van der Waals surface area contributed by atoms with Crippen LogP contribution in [0.2, 0.25) is 0 Å². The van der Waals surface area contributed by atoms with Crippen molar-refractivity contribution in [3.05, 3.63) is 24.3 Å². The molecule has 0 heterocycles. The van der Waals surface area contributed by atoms with Gasteiger partial charge in [-0.1, -0.05) is 24.3 Å². The summed E-state index contributed by atoms with van der Waals surface area (Å²) in [5.74, 6) is 0. The van der Waals surface area contributed by atoms with E-state index in [2.05, 4.69) is 31.0 Å². The minimum Gasteiger partial charge on any atom is -0.310 e. The zero-order valence-corrected chi connectivity index (χ0v) is 6.56. The highest BCUT2D eigenvalue weighted by molar-refractivity contribution is 5.00. The SMILES string of the molecule is C=C(C)CNC1CC=CC1. The van der Waals surface area contributed by atoms with E-state index in [-0.39, 0.29) is 0 Å². The van der Waals surface area contributed by atoms with Gasteiger partial charge in [0.05, 0.1) is 0 Å². The Labute approximate surface area is 62.8 Å². The largest absolute Gasteiger partial charge is 0.310 e. The Kier molecular flexibility index (Phi) is 2.69. The number of hydrogen-bond donors (Lipinski definition) is 1. The van der Waals surface area contributed by atoms with Crippen LogP contribution in [-0.4, -0.2) is 12.6 Å². The average Bonchev–Trinajstić information content (AvgIpc) is 2.34. The van der Waals surface area contributed by atoms with Crippen molar-refractivity contribution in [2.75, 3.05) is 6.54 Å². The maximum Gasteiger partial charge on any atom is 0.0161 e. The summed E-state index contributed by atoms with van der Waals surface area (Å²) in [5.41, 5.74) is 1.21. The van der Waals surface area contributed by atoms with Crippen LogP contribution in [0.3, 0.4) is 0 Å². The molecule has 56 valence electrons. The Hall–Kier alpha value is -0.560. The van der Waals surface area contributed by atoms with Crippen molar-refractivity contribution in [2.24, 2.45) is 0 Å². The van der Waals surface area contributed by atoms with E-state index in [4.69, 9.17) is 0 Å². The second-order valence-corrected chi connectivity index (χ2v) is 2.98. The summed E-state index contributed by atoms with van der Waals surface area (Å²) in [6.45, 7) is 6.85. The van der Waals surface area contributed by atoms with E-state index in [1.807, 2.05) is 0 Å². The van der Waals surface area contributed by atoms with Crippen LogP contribution in [0.4, 0.5) is 0 Å². The van der Waals surface area contributed by atoms with Gasteiger partial charge in [0.2, 0.25) is 0 Å². The van der Waals surface area contributed by atoms with Crippen LogP contribution in [0.5, 0.6) is 0 Å². The molecule has 1 aliphatic carbocycles. The molecule has 0 bridgehead atoms. The second-order valence-electron chi connectivity index (χ2n) is 2.98. The smallest absolute Gasteiger partial charge is 0.0161 e. The molecular weight excluding hydrogens is 122 g/mol. The fourth-order valence-electron chi connectivity index (χ4n) is 1.10. The Morgan fingerprint density at radius 2 is 2.20 bits per heavy atom. The van der Waals surface area contributed by atoms with E-state index in [1.54, 1.807) is 0 Å². The summed E-state index contributed by atoms with van der Waals surface area (Å²) in [7, 11) is 0. The van der Waals surface area contributed by atoms with Gasteiger partial charge in [-0.3, -0.25) is 0 Å². The molecule has 0 saturated heterocycles. The molecule has 1 N–H and O–H groups in total. The van der Waals surface area contributed by atoms with Gasteiger partial charge < -0.3 is 5.32 Å². The second kappa shape index (κ2) is 3.57. The van der Waals surface area contributed by atoms with Gasteiger partial charge in [-0.05, 0) is 19.8 Å². The van der Waals surface area contributed by atoms with Crippen molar-refractivity contribution in [1.29, 1.82) is 0 Å². The van der Waals surface area contributed by atoms with Crippen LogP contribution in [0.15, 0.2) is 24.3 Å². The van der Waals surface area contributed by atoms with Crippen molar-refractivity contribution in [3.63, 3.8) is 0 Å². The summed E-state index contributed by atoms with van der Waals surface area (Å²) < 4.78 is 0. The van der Waals surface area contributed by atoms with Crippen LogP contribution < -0.4 is 5.32 Å². The first-order chi connectivity index (χ1) is 4.79. The molecule has 0 fully saturated rings. The highest BCUT2D eigenvalue weighted by Gasteiger charge is 2.07. The Balaban J connectivity index is 2.09. The topological polar surface area (TPSA) is 12.0 Å². The summed E-state index contributed by atoms with van der Waals surface area (Å²) in [5, 5.41) is 3.42. The lowest BCUT2D eigenvalue weighted by Crippen LogP contribution is -2.27. The van der Waals surface area contributed by atoms with Crippen LogP contribution in [0.25, 0.3) is 0 Å². The third kappa shape index (κ3) is 2.36. The molecule has 0 unspecified atom stereocenters. The standard InChI is InChI=1S/C9H15N/c1-8(2)7-10-9-5-3-4-6-9/h3-4,9-10H,1,5-7H2,2H3. The molecule has 0 saturated carbocycles. The molecule has 1 rings (SSSR count). The molecule has 0 aromatic heterocycles. The minimum atomic E-state index is 0.677. The maximum atomic E-state index is 3.83. The third-order valence-electron chi connectivity index (χ3n) is 1.70. The summed E-state index contributed by atoms with van der Waals surface area (Å²) in [6, 6.07) is 0.677. The predicted octanol–water partition coefficient (Wildman–Crippen LogP) is 1.87. The summed E-state index contributed by atoms with van der Waals surface area (Å²) in [4.78, 5) is 0. The van der Waals surface area contributed by atoms with Gasteiger partial charge in [0, 0.05) is 12.6 Å². The van der Waals surface area contributed by atoms with Crippen molar-refractivity contribution in [1.82, 2.24) is 5.32 Å². The lowest BCUT2D eigenvalue weighted by molar-refractivity contribution is 0.566. The van der Waals surface area contributed by atoms with E-state index in [9.17, 15) is 0 Å². The predicted molar refractivity (Wildman–Crippen MR) is 45.0 cm³/mol. The lowest BCUT2D eigenvalue weighted by atomic mass is 10.2. The summed E-state index contributed by atoms with van der Waals surface area (Å²) >= 11 is 0. The zero-order valence-electron chi connectivity index (χ0n) is 6.56. The molecule has 1 nitrogen and oxygen atoms in total. The normalized spacial score (nSPS) is 18.1. The molecule has 0 atom stereocenters. The fraction of sp³-hybridized carbons (Fsp3) is 0.556. The van der Waals surface area contributed by atoms with Crippen molar-refractivity contribution in [2.45, 2.75) is 25.8 Å². The van der Waals surface area contributed by atoms with Crippen molar-refractivity contribution >= 4 is 0 Å². The lowest BCUT2D eigenvalue weighted by Gasteiger charge is -2.10. The fourth-order valence-corrected chi connectivity index (χ4v) is 1.10. The van der Waals surface area contributed by atoms with Gasteiger partial charge in [0.25, 0.3) is 0 Å². The molecule has 0 spiro atoms. The Morgan fingerprint density at radius 1 is 1.60 bits per heavy atom. The van der Waals surface area contributed by atoms with Crippen molar-refractivity contribution in [3.8, 4) is 0 Å². The van der Waals surface area contributed by atoms with Crippen molar-refractivity contribution < 1.29 is 0 Å². The Morgan fingerprint density at radius 3 is 2.70 bits per heavy atom. The van der Waals surface area contributed by atoms with E-state index in [0.717, 1.165) is 6.54 Å². The average molecular weight is 137 g/mol.